The summed E-state index contributed by atoms with van der Waals surface area (Å²) in [5.74, 6) is 2.70. The van der Waals surface area contributed by atoms with Crippen LogP contribution in [0.15, 0.2) is 48.8 Å². The van der Waals surface area contributed by atoms with Gasteiger partial charge in [0.05, 0.1) is 12.8 Å². The molecular formula is C25H32N6O. The number of methoxy groups -OCH3 is 1. The molecule has 1 aliphatic rings. The molecule has 168 valence electrons. The second-order valence-corrected chi connectivity index (χ2v) is 8.57. The fourth-order valence-corrected chi connectivity index (χ4v) is 3.99. The van der Waals surface area contributed by atoms with Crippen LogP contribution >= 0.6 is 0 Å². The van der Waals surface area contributed by atoms with Crippen molar-refractivity contribution >= 4 is 5.82 Å². The van der Waals surface area contributed by atoms with Crippen LogP contribution < -0.4 is 9.64 Å². The third-order valence-electron chi connectivity index (χ3n) is 5.87. The van der Waals surface area contributed by atoms with Gasteiger partial charge in [0.25, 0.3) is 0 Å². The number of rotatable bonds is 8. The molecular weight excluding hydrogens is 400 g/mol. The Hall–Kier alpha value is -3.03. The molecule has 0 saturated heterocycles. The van der Waals surface area contributed by atoms with Gasteiger partial charge in [-0.15, -0.1) is 0 Å². The third-order valence-corrected chi connectivity index (χ3v) is 5.87. The molecule has 7 nitrogen and oxygen atoms in total. The van der Waals surface area contributed by atoms with Gasteiger partial charge in [0, 0.05) is 63.3 Å². The van der Waals surface area contributed by atoms with E-state index >= 15 is 0 Å². The fraction of sp³-hybridized carbons (Fsp3) is 0.400. The zero-order valence-corrected chi connectivity index (χ0v) is 19.5. The van der Waals surface area contributed by atoms with Gasteiger partial charge in [-0.3, -0.25) is 9.88 Å². The lowest BCUT2D eigenvalue weighted by atomic mass is 10.0. The maximum Gasteiger partial charge on any atom is 0.161 e. The minimum Gasteiger partial charge on any atom is -0.497 e. The molecule has 1 aromatic carbocycles. The summed E-state index contributed by atoms with van der Waals surface area (Å²) >= 11 is 0. The normalized spacial score (nSPS) is 13.8. The van der Waals surface area contributed by atoms with Crippen LogP contribution in [-0.2, 0) is 19.5 Å². The maximum absolute atomic E-state index is 5.29. The summed E-state index contributed by atoms with van der Waals surface area (Å²) in [6.45, 7) is 4.59. The summed E-state index contributed by atoms with van der Waals surface area (Å²) in [4.78, 5) is 21.1. The van der Waals surface area contributed by atoms with Crippen molar-refractivity contribution in [3.05, 3.63) is 65.6 Å². The summed E-state index contributed by atoms with van der Waals surface area (Å²) in [5, 5.41) is 0. The van der Waals surface area contributed by atoms with E-state index in [1.165, 1.54) is 11.1 Å². The fourth-order valence-electron chi connectivity index (χ4n) is 3.99. The maximum atomic E-state index is 5.29. The van der Waals surface area contributed by atoms with Gasteiger partial charge in [0.2, 0.25) is 0 Å². The second kappa shape index (κ2) is 10.1. The monoisotopic (exact) mass is 432 g/mol. The Morgan fingerprint density at radius 3 is 2.41 bits per heavy atom. The molecule has 2 aromatic heterocycles. The number of fused-ring (bicyclic) bond motifs is 1. The molecule has 0 aliphatic carbocycles. The van der Waals surface area contributed by atoms with Crippen LogP contribution in [0.1, 0.15) is 16.8 Å². The number of ether oxygens (including phenoxy) is 1. The van der Waals surface area contributed by atoms with E-state index in [4.69, 9.17) is 14.7 Å². The molecule has 0 fully saturated rings. The van der Waals surface area contributed by atoms with Crippen LogP contribution in [-0.4, -0.2) is 72.6 Å². The van der Waals surface area contributed by atoms with E-state index in [0.717, 1.165) is 67.8 Å². The number of nitrogens with zero attached hydrogens (tertiary/aromatic N) is 6. The molecule has 0 saturated carbocycles. The lowest BCUT2D eigenvalue weighted by Gasteiger charge is -2.32. The Morgan fingerprint density at radius 2 is 1.72 bits per heavy atom. The van der Waals surface area contributed by atoms with Gasteiger partial charge in [-0.2, -0.15) is 0 Å². The predicted molar refractivity (Wildman–Crippen MR) is 128 cm³/mol. The Balaban J connectivity index is 1.61. The molecule has 0 radical (unpaired) electrons. The van der Waals surface area contributed by atoms with Crippen molar-refractivity contribution in [3.63, 3.8) is 0 Å². The molecule has 0 spiro atoms. The van der Waals surface area contributed by atoms with E-state index in [2.05, 4.69) is 53.0 Å². The van der Waals surface area contributed by atoms with E-state index in [1.54, 1.807) is 19.5 Å². The van der Waals surface area contributed by atoms with Crippen LogP contribution in [0.4, 0.5) is 5.82 Å². The van der Waals surface area contributed by atoms with E-state index in [-0.39, 0.29) is 0 Å². The van der Waals surface area contributed by atoms with Crippen molar-refractivity contribution in [1.29, 1.82) is 0 Å². The van der Waals surface area contributed by atoms with Crippen LogP contribution in [0, 0.1) is 0 Å². The average molecular weight is 433 g/mol. The molecule has 0 amide bonds. The molecule has 32 heavy (non-hydrogen) atoms. The molecule has 3 heterocycles. The summed E-state index contributed by atoms with van der Waals surface area (Å²) in [7, 11) is 8.03. The number of benzene rings is 1. The highest BCUT2D eigenvalue weighted by Gasteiger charge is 2.24. The second-order valence-electron chi connectivity index (χ2n) is 8.57. The average Bonchev–Trinajstić information content (AvgIpc) is 2.82. The van der Waals surface area contributed by atoms with Gasteiger partial charge in [0.1, 0.15) is 11.6 Å². The van der Waals surface area contributed by atoms with Crippen LogP contribution in [0.25, 0.3) is 11.4 Å². The molecule has 0 atom stereocenters. The van der Waals surface area contributed by atoms with Crippen LogP contribution in [0.5, 0.6) is 5.75 Å². The standard InChI is InChI=1S/C25H32N6O/c1-29(2)15-16-30(3)25-22-11-14-31(17-19-5-7-21(32-4)8-6-19)18-23(22)27-24(28-25)20-9-12-26-13-10-20/h5-10,12-13H,11,14-18H2,1-4H3. The number of hydrogen-bond acceptors (Lipinski definition) is 7. The summed E-state index contributed by atoms with van der Waals surface area (Å²) in [5.41, 5.74) is 4.67. The van der Waals surface area contributed by atoms with E-state index in [1.807, 2.05) is 24.3 Å². The van der Waals surface area contributed by atoms with Crippen LogP contribution in [0.2, 0.25) is 0 Å². The van der Waals surface area contributed by atoms with Crippen LogP contribution in [0.3, 0.4) is 0 Å². The highest BCUT2D eigenvalue weighted by molar-refractivity contribution is 5.60. The van der Waals surface area contributed by atoms with E-state index < -0.39 is 0 Å². The molecule has 0 N–H and O–H groups in total. The van der Waals surface area contributed by atoms with Crippen molar-refractivity contribution < 1.29 is 4.74 Å². The van der Waals surface area contributed by atoms with Gasteiger partial charge < -0.3 is 14.5 Å². The minimum absolute atomic E-state index is 0.768. The Bertz CT molecular complexity index is 1020. The first-order valence-corrected chi connectivity index (χ1v) is 11.0. The van der Waals surface area contributed by atoms with Crippen molar-refractivity contribution in [2.24, 2.45) is 0 Å². The summed E-state index contributed by atoms with van der Waals surface area (Å²) in [6, 6.07) is 12.3. The number of pyridine rings is 1. The highest BCUT2D eigenvalue weighted by atomic mass is 16.5. The first kappa shape index (κ1) is 22.2. The molecule has 3 aromatic rings. The molecule has 1 aliphatic heterocycles. The topological polar surface area (TPSA) is 57.6 Å². The number of likely N-dealkylation sites (N-methyl/N-ethyl adjacent to an activating group) is 2. The molecule has 4 rings (SSSR count). The number of aromatic nitrogens is 3. The SMILES string of the molecule is COc1ccc(CN2CCc3c(nc(-c4ccncc4)nc3N(C)CCN(C)C)C2)cc1. The van der Waals surface area contributed by atoms with Gasteiger partial charge in [-0.1, -0.05) is 12.1 Å². The third kappa shape index (κ3) is 5.23. The largest absolute Gasteiger partial charge is 0.497 e. The Morgan fingerprint density at radius 1 is 0.969 bits per heavy atom. The summed E-state index contributed by atoms with van der Waals surface area (Å²) in [6.07, 6.45) is 4.54. The lowest BCUT2D eigenvalue weighted by Crippen LogP contribution is -2.34. The highest BCUT2D eigenvalue weighted by Crippen LogP contribution is 2.29. The number of hydrogen-bond donors (Lipinski definition) is 0. The molecule has 0 bridgehead atoms. The van der Waals surface area contributed by atoms with Crippen molar-refractivity contribution in [2.75, 3.05) is 52.8 Å². The Labute approximate surface area is 190 Å². The van der Waals surface area contributed by atoms with Gasteiger partial charge in [-0.25, -0.2) is 9.97 Å². The zero-order chi connectivity index (χ0) is 22.5. The van der Waals surface area contributed by atoms with Gasteiger partial charge in [-0.05, 0) is 50.3 Å². The van der Waals surface area contributed by atoms with Crippen molar-refractivity contribution in [3.8, 4) is 17.1 Å². The molecule has 7 heteroatoms. The quantitative estimate of drug-likeness (QED) is 0.542. The van der Waals surface area contributed by atoms with Gasteiger partial charge in [0.15, 0.2) is 5.82 Å². The first-order valence-electron chi connectivity index (χ1n) is 11.0. The predicted octanol–water partition coefficient (Wildman–Crippen LogP) is 3.10. The zero-order valence-electron chi connectivity index (χ0n) is 19.5. The Kier molecular flexibility index (Phi) is 6.97. The van der Waals surface area contributed by atoms with E-state index in [9.17, 15) is 0 Å². The molecule has 0 unspecified atom stereocenters. The minimum atomic E-state index is 0.768. The van der Waals surface area contributed by atoms with E-state index in [0.29, 0.717) is 0 Å². The van der Waals surface area contributed by atoms with Crippen molar-refractivity contribution in [2.45, 2.75) is 19.5 Å². The lowest BCUT2D eigenvalue weighted by molar-refractivity contribution is 0.241. The first-order chi connectivity index (χ1) is 15.5. The summed E-state index contributed by atoms with van der Waals surface area (Å²) < 4.78 is 5.29. The van der Waals surface area contributed by atoms with Crippen molar-refractivity contribution in [1.82, 2.24) is 24.8 Å². The van der Waals surface area contributed by atoms with Gasteiger partial charge >= 0.3 is 0 Å². The number of anilines is 1. The smallest absolute Gasteiger partial charge is 0.161 e.